The molecule has 18 heavy (non-hydrogen) atoms. The van der Waals surface area contributed by atoms with Gasteiger partial charge >= 0.3 is 0 Å². The Balaban J connectivity index is 1.97. The summed E-state index contributed by atoms with van der Waals surface area (Å²) in [5.41, 5.74) is 0.542. The molecule has 1 fully saturated rings. The van der Waals surface area contributed by atoms with Gasteiger partial charge in [-0.2, -0.15) is 0 Å². The quantitative estimate of drug-likeness (QED) is 0.857. The summed E-state index contributed by atoms with van der Waals surface area (Å²) in [5, 5.41) is 14.1. The Bertz CT molecular complexity index is 383. The van der Waals surface area contributed by atoms with E-state index in [9.17, 15) is 5.11 Å². The van der Waals surface area contributed by atoms with Gasteiger partial charge in [0.15, 0.2) is 0 Å². The number of aliphatic hydroxyl groups is 1. The first-order valence-electron chi connectivity index (χ1n) is 6.93. The topological polar surface area (TPSA) is 32.3 Å². The fraction of sp³-hybridized carbons (Fsp3) is 0.625. The minimum Gasteiger partial charge on any atom is -0.384 e. The van der Waals surface area contributed by atoms with Gasteiger partial charge in [-0.1, -0.05) is 50.6 Å². The molecule has 2 nitrogen and oxygen atoms in total. The zero-order valence-corrected chi connectivity index (χ0v) is 11.7. The third-order valence-electron chi connectivity index (χ3n) is 4.35. The van der Waals surface area contributed by atoms with Crippen LogP contribution >= 0.6 is 0 Å². The maximum atomic E-state index is 10.6. The van der Waals surface area contributed by atoms with Crippen LogP contribution in [0.4, 0.5) is 0 Å². The Labute approximate surface area is 110 Å². The number of benzene rings is 1. The molecular weight excluding hydrogens is 222 g/mol. The Morgan fingerprint density at radius 3 is 2.56 bits per heavy atom. The summed E-state index contributed by atoms with van der Waals surface area (Å²) in [6.45, 7) is 7.13. The molecule has 0 amide bonds. The molecule has 2 rings (SSSR count). The molecule has 0 saturated heterocycles. The number of nitrogens with one attached hydrogen (secondary N) is 1. The van der Waals surface area contributed by atoms with Crippen molar-refractivity contribution in [1.82, 2.24) is 5.32 Å². The van der Waals surface area contributed by atoms with E-state index in [2.05, 4.69) is 19.2 Å². The van der Waals surface area contributed by atoms with Crippen molar-refractivity contribution >= 4 is 0 Å². The van der Waals surface area contributed by atoms with Crippen LogP contribution in [0, 0.1) is 5.41 Å². The van der Waals surface area contributed by atoms with E-state index < -0.39 is 5.60 Å². The van der Waals surface area contributed by atoms with Gasteiger partial charge < -0.3 is 10.4 Å². The van der Waals surface area contributed by atoms with E-state index in [1.807, 2.05) is 37.3 Å². The Hall–Kier alpha value is -0.860. The lowest BCUT2D eigenvalue weighted by Crippen LogP contribution is -2.44. The highest BCUT2D eigenvalue weighted by atomic mass is 16.3. The van der Waals surface area contributed by atoms with E-state index in [1.54, 1.807) is 0 Å². The lowest BCUT2D eigenvalue weighted by molar-refractivity contribution is 0.0495. The van der Waals surface area contributed by atoms with E-state index in [-0.39, 0.29) is 0 Å². The van der Waals surface area contributed by atoms with Crippen molar-refractivity contribution in [2.75, 3.05) is 6.54 Å². The predicted molar refractivity (Wildman–Crippen MR) is 75.4 cm³/mol. The monoisotopic (exact) mass is 247 g/mol. The van der Waals surface area contributed by atoms with Crippen LogP contribution in [-0.2, 0) is 5.60 Å². The highest BCUT2D eigenvalue weighted by Gasteiger charge is 2.35. The van der Waals surface area contributed by atoms with Gasteiger partial charge in [0.2, 0.25) is 0 Å². The van der Waals surface area contributed by atoms with Gasteiger partial charge in [0, 0.05) is 12.6 Å². The van der Waals surface area contributed by atoms with Gasteiger partial charge in [-0.3, -0.25) is 0 Å². The second-order valence-corrected chi connectivity index (χ2v) is 6.45. The van der Waals surface area contributed by atoms with Crippen LogP contribution in [0.25, 0.3) is 0 Å². The predicted octanol–water partition coefficient (Wildman–Crippen LogP) is 3.06. The molecule has 0 aliphatic heterocycles. The third-order valence-corrected chi connectivity index (χ3v) is 4.35. The van der Waals surface area contributed by atoms with E-state index in [1.165, 1.54) is 19.3 Å². The smallest absolute Gasteiger partial charge is 0.0992 e. The molecule has 0 aromatic heterocycles. The van der Waals surface area contributed by atoms with Crippen molar-refractivity contribution in [1.29, 1.82) is 0 Å². The van der Waals surface area contributed by atoms with Crippen LogP contribution in [0.2, 0.25) is 0 Å². The van der Waals surface area contributed by atoms with Crippen LogP contribution in [0.15, 0.2) is 30.3 Å². The van der Waals surface area contributed by atoms with Crippen LogP contribution in [0.3, 0.4) is 0 Å². The fourth-order valence-corrected chi connectivity index (χ4v) is 2.93. The second-order valence-electron chi connectivity index (χ2n) is 6.45. The summed E-state index contributed by atoms with van der Waals surface area (Å²) in [5.74, 6) is 0. The summed E-state index contributed by atoms with van der Waals surface area (Å²) in [6.07, 6.45) is 3.79. The summed E-state index contributed by atoms with van der Waals surface area (Å²) < 4.78 is 0. The molecule has 2 N–H and O–H groups in total. The first-order valence-corrected chi connectivity index (χ1v) is 6.93. The maximum absolute atomic E-state index is 10.6. The second kappa shape index (κ2) is 5.02. The Morgan fingerprint density at radius 1 is 1.33 bits per heavy atom. The number of hydrogen-bond donors (Lipinski definition) is 2. The fourth-order valence-electron chi connectivity index (χ4n) is 2.93. The number of hydrogen-bond acceptors (Lipinski definition) is 2. The van der Waals surface area contributed by atoms with Gasteiger partial charge in [-0.25, -0.2) is 0 Å². The van der Waals surface area contributed by atoms with Crippen LogP contribution in [0.5, 0.6) is 0 Å². The standard InChI is InChI=1S/C16H25NO/c1-15(2)11-7-10-14(15)17-12-16(3,18)13-8-5-4-6-9-13/h4-6,8-9,14,17-18H,7,10-12H2,1-3H3. The molecule has 0 spiro atoms. The molecular formula is C16H25NO. The Kier molecular flexibility index (Phi) is 3.79. The van der Waals surface area contributed by atoms with Crippen molar-refractivity contribution in [2.45, 2.75) is 51.7 Å². The van der Waals surface area contributed by atoms with Crippen LogP contribution in [-0.4, -0.2) is 17.7 Å². The molecule has 1 saturated carbocycles. The summed E-state index contributed by atoms with van der Waals surface area (Å²) in [7, 11) is 0. The largest absolute Gasteiger partial charge is 0.384 e. The zero-order valence-electron chi connectivity index (χ0n) is 11.7. The molecule has 100 valence electrons. The minimum absolute atomic E-state index is 0.354. The lowest BCUT2D eigenvalue weighted by atomic mass is 9.86. The van der Waals surface area contributed by atoms with Crippen molar-refractivity contribution in [3.05, 3.63) is 35.9 Å². The Morgan fingerprint density at radius 2 is 2.00 bits per heavy atom. The molecule has 0 heterocycles. The van der Waals surface area contributed by atoms with Gasteiger partial charge in [0.1, 0.15) is 0 Å². The van der Waals surface area contributed by atoms with Gasteiger partial charge in [-0.15, -0.1) is 0 Å². The maximum Gasteiger partial charge on any atom is 0.0992 e. The van der Waals surface area contributed by atoms with Crippen LogP contribution in [0.1, 0.15) is 45.6 Å². The molecule has 0 radical (unpaired) electrons. The first kappa shape index (κ1) is 13.6. The molecule has 1 aliphatic carbocycles. The van der Waals surface area contributed by atoms with Crippen molar-refractivity contribution < 1.29 is 5.11 Å². The molecule has 2 heteroatoms. The molecule has 1 aromatic carbocycles. The van der Waals surface area contributed by atoms with Gasteiger partial charge in [-0.05, 0) is 30.7 Å². The zero-order chi connectivity index (χ0) is 13.2. The van der Waals surface area contributed by atoms with E-state index in [0.29, 0.717) is 18.0 Å². The molecule has 0 bridgehead atoms. The molecule has 1 aliphatic rings. The van der Waals surface area contributed by atoms with Crippen LogP contribution < -0.4 is 5.32 Å². The van der Waals surface area contributed by atoms with Crippen molar-refractivity contribution in [3.8, 4) is 0 Å². The minimum atomic E-state index is -0.792. The third kappa shape index (κ3) is 2.93. The first-order chi connectivity index (χ1) is 8.42. The normalized spacial score (nSPS) is 25.9. The summed E-state index contributed by atoms with van der Waals surface area (Å²) >= 11 is 0. The SMILES string of the molecule is CC(O)(CNC1CCCC1(C)C)c1ccccc1. The molecule has 1 aromatic rings. The molecule has 2 unspecified atom stereocenters. The summed E-state index contributed by atoms with van der Waals surface area (Å²) in [4.78, 5) is 0. The van der Waals surface area contributed by atoms with Gasteiger partial charge in [0.05, 0.1) is 5.60 Å². The average molecular weight is 247 g/mol. The van der Waals surface area contributed by atoms with E-state index in [0.717, 1.165) is 5.56 Å². The molecule has 2 atom stereocenters. The highest BCUT2D eigenvalue weighted by Crippen LogP contribution is 2.37. The van der Waals surface area contributed by atoms with Gasteiger partial charge in [0.25, 0.3) is 0 Å². The van der Waals surface area contributed by atoms with E-state index >= 15 is 0 Å². The average Bonchev–Trinajstić information content (AvgIpc) is 2.67. The number of rotatable bonds is 4. The lowest BCUT2D eigenvalue weighted by Gasteiger charge is -2.32. The summed E-state index contributed by atoms with van der Waals surface area (Å²) in [6, 6.07) is 10.4. The van der Waals surface area contributed by atoms with Crippen molar-refractivity contribution in [2.24, 2.45) is 5.41 Å². The van der Waals surface area contributed by atoms with E-state index in [4.69, 9.17) is 0 Å². The van der Waals surface area contributed by atoms with Crippen molar-refractivity contribution in [3.63, 3.8) is 0 Å². The highest BCUT2D eigenvalue weighted by molar-refractivity contribution is 5.21.